The summed E-state index contributed by atoms with van der Waals surface area (Å²) in [6.45, 7) is 1.85. The quantitative estimate of drug-likeness (QED) is 0.565. The Balaban J connectivity index is 3.05. The van der Waals surface area contributed by atoms with Gasteiger partial charge < -0.3 is 10.8 Å². The number of aromatic hydroxyl groups is 1. The molecule has 0 radical (unpaired) electrons. The Kier molecular flexibility index (Phi) is 2.56. The van der Waals surface area contributed by atoms with E-state index in [-0.39, 0.29) is 5.75 Å². The minimum atomic E-state index is -0.708. The van der Waals surface area contributed by atoms with Crippen LogP contribution in [0.4, 0.5) is 0 Å². The number of rotatable bonds is 0. The van der Waals surface area contributed by atoms with Gasteiger partial charge in [-0.3, -0.25) is 4.79 Å². The maximum Gasteiger partial charge on any atom is 0.293 e. The van der Waals surface area contributed by atoms with E-state index in [2.05, 4.69) is 11.8 Å². The molecule has 0 aromatic heterocycles. The second-order valence-corrected chi connectivity index (χ2v) is 2.63. The summed E-state index contributed by atoms with van der Waals surface area (Å²) in [5.74, 6) is 3.97. The third-order valence-electron chi connectivity index (χ3n) is 1.47. The van der Waals surface area contributed by atoms with Crippen LogP contribution in [0.2, 0.25) is 0 Å². The molecule has 1 amide bonds. The summed E-state index contributed by atoms with van der Waals surface area (Å²) in [5, 5.41) is 9.35. The highest BCUT2D eigenvalue weighted by molar-refractivity contribution is 5.92. The number of carbonyl (C=O) groups excluding carboxylic acids is 1. The number of nitrogens with two attached hydrogens (primary N) is 1. The maximum absolute atomic E-state index is 10.3. The Morgan fingerprint density at radius 1 is 1.54 bits per heavy atom. The van der Waals surface area contributed by atoms with Crippen molar-refractivity contribution in [2.45, 2.75) is 6.92 Å². The van der Waals surface area contributed by atoms with Crippen molar-refractivity contribution >= 4 is 5.91 Å². The SMILES string of the molecule is Cc1ccc(C#CC(N)=O)c(O)c1. The molecular formula is C10H9NO2. The molecule has 66 valence electrons. The van der Waals surface area contributed by atoms with Crippen molar-refractivity contribution in [2.75, 3.05) is 0 Å². The van der Waals surface area contributed by atoms with E-state index < -0.39 is 5.91 Å². The summed E-state index contributed by atoms with van der Waals surface area (Å²) in [7, 11) is 0. The molecule has 0 unspecified atom stereocenters. The molecule has 1 aromatic rings. The van der Waals surface area contributed by atoms with Crippen LogP contribution in [0.15, 0.2) is 18.2 Å². The lowest BCUT2D eigenvalue weighted by atomic mass is 10.1. The zero-order valence-corrected chi connectivity index (χ0v) is 7.16. The Morgan fingerprint density at radius 3 is 2.77 bits per heavy atom. The van der Waals surface area contributed by atoms with Gasteiger partial charge in [-0.25, -0.2) is 0 Å². The molecule has 0 fully saturated rings. The highest BCUT2D eigenvalue weighted by atomic mass is 16.3. The molecule has 0 heterocycles. The van der Waals surface area contributed by atoms with Gasteiger partial charge in [0.25, 0.3) is 5.91 Å². The summed E-state index contributed by atoms with van der Waals surface area (Å²) in [6, 6.07) is 5.01. The van der Waals surface area contributed by atoms with Crippen LogP contribution in [-0.2, 0) is 4.79 Å². The van der Waals surface area contributed by atoms with Crippen LogP contribution in [0.25, 0.3) is 0 Å². The van der Waals surface area contributed by atoms with Crippen molar-refractivity contribution in [2.24, 2.45) is 5.73 Å². The molecule has 0 spiro atoms. The summed E-state index contributed by atoms with van der Waals surface area (Å²) in [4.78, 5) is 10.3. The van der Waals surface area contributed by atoms with E-state index in [9.17, 15) is 9.90 Å². The predicted octanol–water partition coefficient (Wildman–Crippen LogP) is 0.537. The molecule has 13 heavy (non-hydrogen) atoms. The van der Waals surface area contributed by atoms with Crippen molar-refractivity contribution < 1.29 is 9.90 Å². The van der Waals surface area contributed by atoms with Crippen LogP contribution in [-0.4, -0.2) is 11.0 Å². The fourth-order valence-corrected chi connectivity index (χ4v) is 0.876. The topological polar surface area (TPSA) is 63.3 Å². The van der Waals surface area contributed by atoms with Crippen LogP contribution in [0.3, 0.4) is 0 Å². The third kappa shape index (κ3) is 2.53. The second kappa shape index (κ2) is 3.63. The molecule has 1 rings (SSSR count). The van der Waals surface area contributed by atoms with Crippen LogP contribution in [0, 0.1) is 18.8 Å². The number of phenolic OH excluding ortho intramolecular Hbond substituents is 1. The number of amides is 1. The lowest BCUT2D eigenvalue weighted by Gasteiger charge is -1.96. The molecular weight excluding hydrogens is 166 g/mol. The standard InChI is InChI=1S/C10H9NO2/c1-7-2-3-8(9(12)6-7)4-5-10(11)13/h2-3,6,12H,1H3,(H2,11,13). The highest BCUT2D eigenvalue weighted by Gasteiger charge is 1.96. The van der Waals surface area contributed by atoms with E-state index in [4.69, 9.17) is 5.73 Å². The first-order chi connectivity index (χ1) is 6.09. The number of aryl methyl sites for hydroxylation is 1. The molecule has 1 aromatic carbocycles. The first-order valence-electron chi connectivity index (χ1n) is 3.70. The molecule has 0 saturated heterocycles. The minimum absolute atomic E-state index is 0.0637. The zero-order valence-electron chi connectivity index (χ0n) is 7.16. The molecule has 0 saturated carbocycles. The van der Waals surface area contributed by atoms with Crippen molar-refractivity contribution in [3.63, 3.8) is 0 Å². The van der Waals surface area contributed by atoms with Gasteiger partial charge in [-0.1, -0.05) is 12.0 Å². The molecule has 0 aliphatic rings. The van der Waals surface area contributed by atoms with Crippen LogP contribution >= 0.6 is 0 Å². The van der Waals surface area contributed by atoms with Gasteiger partial charge in [-0.05, 0) is 24.6 Å². The van der Waals surface area contributed by atoms with Gasteiger partial charge >= 0.3 is 0 Å². The lowest BCUT2D eigenvalue weighted by molar-refractivity contribution is -0.112. The summed E-state index contributed by atoms with van der Waals surface area (Å²) in [6.07, 6.45) is 0. The number of carbonyl (C=O) groups is 1. The number of primary amides is 1. The zero-order chi connectivity index (χ0) is 9.84. The van der Waals surface area contributed by atoms with Gasteiger partial charge in [0.2, 0.25) is 0 Å². The smallest absolute Gasteiger partial charge is 0.293 e. The number of benzene rings is 1. The van der Waals surface area contributed by atoms with Crippen molar-refractivity contribution in [3.8, 4) is 17.6 Å². The van der Waals surface area contributed by atoms with Gasteiger partial charge in [-0.15, -0.1) is 0 Å². The van der Waals surface area contributed by atoms with Gasteiger partial charge in [0.05, 0.1) is 5.56 Å². The molecule has 3 nitrogen and oxygen atoms in total. The average molecular weight is 175 g/mol. The van der Waals surface area contributed by atoms with Crippen molar-refractivity contribution in [1.29, 1.82) is 0 Å². The fraction of sp³-hybridized carbons (Fsp3) is 0.100. The summed E-state index contributed by atoms with van der Waals surface area (Å²) < 4.78 is 0. The van der Waals surface area contributed by atoms with Crippen LogP contribution in [0.5, 0.6) is 5.75 Å². The number of phenols is 1. The first kappa shape index (κ1) is 9.14. The van der Waals surface area contributed by atoms with E-state index in [1.54, 1.807) is 18.2 Å². The van der Waals surface area contributed by atoms with E-state index >= 15 is 0 Å². The normalized spacial score (nSPS) is 8.69. The molecule has 0 atom stereocenters. The van der Waals surface area contributed by atoms with Crippen LogP contribution in [0.1, 0.15) is 11.1 Å². The third-order valence-corrected chi connectivity index (χ3v) is 1.47. The van der Waals surface area contributed by atoms with E-state index in [1.807, 2.05) is 6.92 Å². The van der Waals surface area contributed by atoms with E-state index in [1.165, 1.54) is 0 Å². The largest absolute Gasteiger partial charge is 0.507 e. The second-order valence-electron chi connectivity index (χ2n) is 2.63. The van der Waals surface area contributed by atoms with Crippen molar-refractivity contribution in [3.05, 3.63) is 29.3 Å². The fourth-order valence-electron chi connectivity index (χ4n) is 0.876. The lowest BCUT2D eigenvalue weighted by Crippen LogP contribution is -2.06. The Hall–Kier alpha value is -1.95. The predicted molar refractivity (Wildman–Crippen MR) is 48.9 cm³/mol. The maximum atomic E-state index is 10.3. The number of hydrogen-bond acceptors (Lipinski definition) is 2. The van der Waals surface area contributed by atoms with Gasteiger partial charge in [0.1, 0.15) is 5.75 Å². The van der Waals surface area contributed by atoms with E-state index in [0.29, 0.717) is 5.56 Å². The highest BCUT2D eigenvalue weighted by Crippen LogP contribution is 2.16. The van der Waals surface area contributed by atoms with Gasteiger partial charge in [0, 0.05) is 5.92 Å². The monoisotopic (exact) mass is 175 g/mol. The average Bonchev–Trinajstić information content (AvgIpc) is 2.02. The molecule has 0 aliphatic carbocycles. The first-order valence-corrected chi connectivity index (χ1v) is 3.70. The minimum Gasteiger partial charge on any atom is -0.507 e. The Morgan fingerprint density at radius 2 is 2.23 bits per heavy atom. The Labute approximate surface area is 76.2 Å². The van der Waals surface area contributed by atoms with Gasteiger partial charge in [0.15, 0.2) is 0 Å². The molecule has 0 bridgehead atoms. The number of hydrogen-bond donors (Lipinski definition) is 2. The Bertz CT molecular complexity index is 399. The molecule has 3 heteroatoms. The van der Waals surface area contributed by atoms with Crippen LogP contribution < -0.4 is 5.73 Å². The van der Waals surface area contributed by atoms with Gasteiger partial charge in [-0.2, -0.15) is 0 Å². The van der Waals surface area contributed by atoms with Crippen molar-refractivity contribution in [1.82, 2.24) is 0 Å². The van der Waals surface area contributed by atoms with E-state index in [0.717, 1.165) is 5.56 Å². The molecule has 0 aliphatic heterocycles. The summed E-state index contributed by atoms with van der Waals surface area (Å²) >= 11 is 0. The summed E-state index contributed by atoms with van der Waals surface area (Å²) in [5.41, 5.74) is 6.17. The molecule has 3 N–H and O–H groups in total.